The van der Waals surface area contributed by atoms with E-state index in [1.165, 1.54) is 19.2 Å². The van der Waals surface area contributed by atoms with Crippen LogP contribution < -0.4 is 16.8 Å². The van der Waals surface area contributed by atoms with Crippen molar-refractivity contribution in [3.63, 3.8) is 0 Å². The lowest BCUT2D eigenvalue weighted by Gasteiger charge is -2.49. The number of ketones is 1. The van der Waals surface area contributed by atoms with Gasteiger partial charge in [-0.1, -0.05) is 5.16 Å². The van der Waals surface area contributed by atoms with Gasteiger partial charge in [0.1, 0.15) is 22.8 Å². The molecule has 1 aromatic carbocycles. The molecule has 1 saturated heterocycles. The molecule has 0 aliphatic carbocycles. The van der Waals surface area contributed by atoms with Crippen molar-refractivity contribution in [3.05, 3.63) is 45.9 Å². The topological polar surface area (TPSA) is 268 Å². The van der Waals surface area contributed by atoms with Crippen LogP contribution in [-0.4, -0.2) is 94.4 Å². The van der Waals surface area contributed by atoms with Crippen LogP contribution >= 0.6 is 23.1 Å². The highest BCUT2D eigenvalue weighted by atomic mass is 32.2. The van der Waals surface area contributed by atoms with Gasteiger partial charge in [0, 0.05) is 16.7 Å². The number of halogens is 1. The molecule has 9 N–H and O–H groups in total. The lowest BCUT2D eigenvalue weighted by atomic mass is 9.94. The first-order chi connectivity index (χ1) is 20.0. The summed E-state index contributed by atoms with van der Waals surface area (Å²) in [6.07, 6.45) is 0. The molecule has 2 amide bonds. The number of aromatic nitrogens is 1. The molecule has 16 nitrogen and oxygen atoms in total. The second-order valence-electron chi connectivity index (χ2n) is 9.63. The number of nitrogen functional groups attached to an aromatic ring is 1. The smallest absolute Gasteiger partial charge is 0.352 e. The Morgan fingerprint density at radius 1 is 1.26 bits per heavy atom. The number of carbonyl (C=O) groups is 5. The van der Waals surface area contributed by atoms with Crippen molar-refractivity contribution >= 4 is 63.5 Å². The van der Waals surface area contributed by atoms with Gasteiger partial charge >= 0.3 is 11.9 Å². The summed E-state index contributed by atoms with van der Waals surface area (Å²) in [5.41, 5.74) is 8.01. The minimum absolute atomic E-state index is 0.0571. The van der Waals surface area contributed by atoms with Crippen LogP contribution in [0.2, 0.25) is 0 Å². The summed E-state index contributed by atoms with van der Waals surface area (Å²) in [4.78, 5) is 72.7. The van der Waals surface area contributed by atoms with E-state index in [0.717, 1.165) is 34.1 Å². The van der Waals surface area contributed by atoms with Gasteiger partial charge in [0.25, 0.3) is 11.8 Å². The van der Waals surface area contributed by atoms with Gasteiger partial charge in [-0.3, -0.25) is 19.3 Å². The number of Topliss-reactive ketones (excluding diaryl/α,β-unsaturated/α-hetero) is 1. The number of carboxylic acids is 2. The minimum Gasteiger partial charge on any atom is -0.504 e. The van der Waals surface area contributed by atoms with Crippen LogP contribution in [0.25, 0.3) is 0 Å². The molecular formula is C24H23FN6O10S2. The van der Waals surface area contributed by atoms with Crippen LogP contribution in [0.4, 0.5) is 9.52 Å². The molecule has 228 valence electrons. The third kappa shape index (κ3) is 5.81. The number of hydrogen-bond donors (Lipinski definition) is 7. The van der Waals surface area contributed by atoms with Gasteiger partial charge in [0.15, 0.2) is 33.9 Å². The lowest BCUT2D eigenvalue weighted by molar-refractivity contribution is -0.161. The molecule has 3 heterocycles. The number of aromatic hydroxyl groups is 2. The van der Waals surface area contributed by atoms with Crippen LogP contribution in [0.15, 0.2) is 33.9 Å². The van der Waals surface area contributed by atoms with Crippen molar-refractivity contribution in [2.45, 2.75) is 36.9 Å². The van der Waals surface area contributed by atoms with Crippen molar-refractivity contribution < 1.29 is 53.6 Å². The fraction of sp³-hybridized carbons (Fsp3) is 0.292. The van der Waals surface area contributed by atoms with Crippen molar-refractivity contribution in [1.29, 1.82) is 0 Å². The third-order valence-corrected chi connectivity index (χ3v) is 8.31. The van der Waals surface area contributed by atoms with Crippen molar-refractivity contribution in [2.24, 2.45) is 10.9 Å². The molecule has 2 aromatic rings. The molecule has 2 aliphatic rings. The van der Waals surface area contributed by atoms with E-state index in [0.29, 0.717) is 6.07 Å². The highest BCUT2D eigenvalue weighted by molar-refractivity contribution is 8.00. The Hall–Kier alpha value is -4.75. The van der Waals surface area contributed by atoms with Gasteiger partial charge in [-0.25, -0.2) is 19.0 Å². The van der Waals surface area contributed by atoms with Crippen LogP contribution in [0.5, 0.6) is 11.5 Å². The van der Waals surface area contributed by atoms with Gasteiger partial charge in [0.2, 0.25) is 5.60 Å². The number of fused-ring (bicyclic) bond motifs is 1. The summed E-state index contributed by atoms with van der Waals surface area (Å²) in [5.74, 6) is -9.38. The Balaban J connectivity index is 1.59. The molecule has 0 bridgehead atoms. The minimum atomic E-state index is -1.84. The van der Waals surface area contributed by atoms with E-state index < -0.39 is 86.9 Å². The molecule has 1 fully saturated rings. The van der Waals surface area contributed by atoms with Crippen LogP contribution in [0, 0.1) is 5.82 Å². The zero-order valence-corrected chi connectivity index (χ0v) is 23.7. The predicted molar refractivity (Wildman–Crippen MR) is 148 cm³/mol. The molecule has 0 radical (unpaired) electrons. The number of thiazole rings is 1. The van der Waals surface area contributed by atoms with Crippen molar-refractivity contribution in [2.75, 3.05) is 11.5 Å². The maximum absolute atomic E-state index is 13.9. The normalized spacial score (nSPS) is 19.3. The number of phenolic OH excluding ortho intramolecular Hbond substituents is 2. The number of nitrogens with two attached hydrogens (primary N) is 2. The Morgan fingerprint density at radius 2 is 1.93 bits per heavy atom. The van der Waals surface area contributed by atoms with E-state index in [1.54, 1.807) is 0 Å². The lowest BCUT2D eigenvalue weighted by Crippen LogP contribution is -2.71. The van der Waals surface area contributed by atoms with Gasteiger partial charge in [-0.05, 0) is 31.6 Å². The fourth-order valence-corrected chi connectivity index (χ4v) is 5.90. The number of amides is 2. The number of oxime groups is 1. The number of aliphatic carboxylic acids is 2. The number of rotatable bonds is 10. The molecule has 43 heavy (non-hydrogen) atoms. The number of benzene rings is 1. The zero-order valence-electron chi connectivity index (χ0n) is 22.1. The monoisotopic (exact) mass is 638 g/mol. The summed E-state index contributed by atoms with van der Waals surface area (Å²) >= 11 is 1.92. The highest BCUT2D eigenvalue weighted by Gasteiger charge is 2.55. The molecule has 19 heteroatoms. The molecule has 3 atom stereocenters. The standard InChI is InChI=1S/C24H23FN6O10S2/c1-24(2,22(39)40)41-30-13(10-6-43-23(27)28-10)18(35)29-14-19(36)31-15(21(37)38)8(5-42-20(14)31)12(26)16(33)7-3-9(25)17(34)11(32)4-7/h3-4,6,12,14,20,32,34H,5,26H2,1-2H3,(H2,27,28)(H,29,35)(H,37,38)(H,39,40)/b30-13-/t12?,14?,20-/m1/s1. The van der Waals surface area contributed by atoms with E-state index in [2.05, 4.69) is 15.5 Å². The molecule has 2 unspecified atom stereocenters. The number of phenols is 2. The SMILES string of the molecule is CC(C)(O/N=C(\C(=O)NC1C(=O)N2C(C(=O)O)=C(C(N)C(=O)c3cc(O)c(O)c(F)c3)CS[C@H]12)c1csc(N)n1)C(=O)O. The van der Waals surface area contributed by atoms with E-state index in [1.807, 2.05) is 0 Å². The average molecular weight is 639 g/mol. The Labute approximate surface area is 248 Å². The first kappa shape index (κ1) is 31.2. The Morgan fingerprint density at radius 3 is 2.49 bits per heavy atom. The number of β-lactam (4-membered cyclic amide) rings is 1. The van der Waals surface area contributed by atoms with Gasteiger partial charge in [0.05, 0.1) is 6.04 Å². The predicted octanol–water partition coefficient (Wildman–Crippen LogP) is -0.192. The number of carbonyl (C=O) groups excluding carboxylic acids is 3. The van der Waals surface area contributed by atoms with Crippen LogP contribution in [0.1, 0.15) is 29.9 Å². The molecule has 4 rings (SSSR count). The maximum atomic E-state index is 13.9. The average Bonchev–Trinajstić information content (AvgIpc) is 3.37. The maximum Gasteiger partial charge on any atom is 0.352 e. The van der Waals surface area contributed by atoms with Gasteiger partial charge < -0.3 is 42.0 Å². The summed E-state index contributed by atoms with van der Waals surface area (Å²) in [7, 11) is 0. The molecule has 0 spiro atoms. The van der Waals surface area contributed by atoms with E-state index in [-0.39, 0.29) is 22.2 Å². The number of anilines is 1. The van der Waals surface area contributed by atoms with E-state index in [9.17, 15) is 48.8 Å². The summed E-state index contributed by atoms with van der Waals surface area (Å²) < 4.78 is 13.9. The second-order valence-corrected chi connectivity index (χ2v) is 11.6. The molecule has 2 aliphatic heterocycles. The number of nitrogens with one attached hydrogen (secondary N) is 1. The summed E-state index contributed by atoms with van der Waals surface area (Å²) in [6.45, 7) is 2.37. The van der Waals surface area contributed by atoms with E-state index >= 15 is 0 Å². The second kappa shape index (κ2) is 11.5. The van der Waals surface area contributed by atoms with Crippen molar-refractivity contribution in [3.8, 4) is 11.5 Å². The molecule has 0 saturated carbocycles. The largest absolute Gasteiger partial charge is 0.504 e. The van der Waals surface area contributed by atoms with E-state index in [4.69, 9.17) is 16.3 Å². The van der Waals surface area contributed by atoms with Crippen LogP contribution in [-0.2, 0) is 24.0 Å². The van der Waals surface area contributed by atoms with Gasteiger partial charge in [-0.2, -0.15) is 0 Å². The number of hydrogen-bond acceptors (Lipinski definition) is 14. The fourth-order valence-electron chi connectivity index (χ4n) is 3.96. The quantitative estimate of drug-likeness (QED) is 0.0584. The first-order valence-corrected chi connectivity index (χ1v) is 13.9. The van der Waals surface area contributed by atoms with Crippen LogP contribution in [0.3, 0.4) is 0 Å². The Kier molecular flexibility index (Phi) is 8.34. The number of thioether (sulfide) groups is 1. The first-order valence-electron chi connectivity index (χ1n) is 12.0. The number of carboxylic acid groups (broad SMARTS) is 2. The highest BCUT2D eigenvalue weighted by Crippen LogP contribution is 2.41. The third-order valence-electron chi connectivity index (χ3n) is 6.33. The van der Waals surface area contributed by atoms with Gasteiger partial charge in [-0.15, -0.1) is 23.1 Å². The Bertz CT molecular complexity index is 1600. The number of nitrogens with zero attached hydrogens (tertiary/aromatic N) is 3. The summed E-state index contributed by atoms with van der Waals surface area (Å²) in [6, 6.07) is -1.57. The zero-order chi connectivity index (χ0) is 32.0. The molecule has 1 aromatic heterocycles. The van der Waals surface area contributed by atoms with Crippen molar-refractivity contribution in [1.82, 2.24) is 15.2 Å². The molecular weight excluding hydrogens is 615 g/mol. The summed E-state index contributed by atoms with van der Waals surface area (Å²) in [5, 5.41) is 44.8.